The van der Waals surface area contributed by atoms with Crippen LogP contribution in [0.5, 0.6) is 0 Å². The van der Waals surface area contributed by atoms with Gasteiger partial charge in [-0.2, -0.15) is 0 Å². The van der Waals surface area contributed by atoms with Crippen LogP contribution in [0.4, 0.5) is 0 Å². The monoisotopic (exact) mass is 391 g/mol. The minimum Gasteiger partial charge on any atom is -0.371 e. The summed E-state index contributed by atoms with van der Waals surface area (Å²) < 4.78 is 18.4. The van der Waals surface area contributed by atoms with Crippen LogP contribution in [0.15, 0.2) is 42.5 Å². The van der Waals surface area contributed by atoms with Crippen LogP contribution in [-0.2, 0) is 19.3 Å². The van der Waals surface area contributed by atoms with Crippen LogP contribution in [-0.4, -0.2) is 31.7 Å². The zero-order valence-electron chi connectivity index (χ0n) is 16.9. The lowest BCUT2D eigenvalue weighted by molar-refractivity contribution is -0.610. The first-order chi connectivity index (χ1) is 12.5. The van der Waals surface area contributed by atoms with Crippen molar-refractivity contribution in [3.8, 4) is 0 Å². The van der Waals surface area contributed by atoms with Gasteiger partial charge in [-0.15, -0.1) is 0 Å². The van der Waals surface area contributed by atoms with E-state index in [9.17, 15) is 10.1 Å². The Morgan fingerprint density at radius 1 is 1.00 bits per heavy atom. The molecular weight excluding hydrogens is 362 g/mol. The van der Waals surface area contributed by atoms with Crippen LogP contribution in [0.2, 0.25) is 0 Å². The standard InChI is InChI=1S/C20H29NO5Si/c1-15(2)24-27(25-16(3)4,26-20(5,6)21(22)23)14-18-12-9-11-17-10-7-8-13-19(17)18/h7-13,15-16H,14H2,1-6H3. The van der Waals surface area contributed by atoms with E-state index >= 15 is 0 Å². The van der Waals surface area contributed by atoms with Crippen molar-refractivity contribution < 1.29 is 18.2 Å². The third-order valence-corrected chi connectivity index (χ3v) is 7.25. The molecule has 0 saturated carbocycles. The molecule has 0 saturated heterocycles. The summed E-state index contributed by atoms with van der Waals surface area (Å²) in [6.07, 6.45) is -0.374. The summed E-state index contributed by atoms with van der Waals surface area (Å²) in [6.45, 7) is 10.4. The number of nitro groups is 1. The highest BCUT2D eigenvalue weighted by atomic mass is 28.4. The zero-order chi connectivity index (χ0) is 20.2. The van der Waals surface area contributed by atoms with Gasteiger partial charge in [-0.05, 0) is 44.0 Å². The third-order valence-electron chi connectivity index (χ3n) is 3.96. The Morgan fingerprint density at radius 3 is 2.11 bits per heavy atom. The maximum absolute atomic E-state index is 11.5. The van der Waals surface area contributed by atoms with Crippen molar-refractivity contribution in [2.24, 2.45) is 0 Å². The Hall–Kier alpha value is -1.80. The predicted molar refractivity (Wildman–Crippen MR) is 108 cm³/mol. The Labute approximate surface area is 162 Å². The van der Waals surface area contributed by atoms with E-state index in [2.05, 4.69) is 0 Å². The lowest BCUT2D eigenvalue weighted by Crippen LogP contribution is -2.57. The number of hydrogen-bond donors (Lipinski definition) is 0. The normalized spacial score (nSPS) is 12.9. The van der Waals surface area contributed by atoms with Crippen molar-refractivity contribution in [3.63, 3.8) is 0 Å². The first kappa shape index (κ1) is 21.5. The minimum atomic E-state index is -3.42. The second-order valence-corrected chi connectivity index (χ2v) is 10.0. The second kappa shape index (κ2) is 8.47. The molecule has 0 amide bonds. The molecule has 0 atom stereocenters. The van der Waals surface area contributed by atoms with Gasteiger partial charge in [0.05, 0.1) is 4.92 Å². The van der Waals surface area contributed by atoms with Crippen LogP contribution in [0.1, 0.15) is 47.1 Å². The summed E-state index contributed by atoms with van der Waals surface area (Å²) >= 11 is 0. The Bertz CT molecular complexity index is 776. The van der Waals surface area contributed by atoms with E-state index in [0.717, 1.165) is 16.3 Å². The first-order valence-corrected chi connectivity index (χ1v) is 11.1. The molecule has 0 aliphatic rings. The summed E-state index contributed by atoms with van der Waals surface area (Å²) in [5.74, 6) is 0. The van der Waals surface area contributed by atoms with Gasteiger partial charge in [0.2, 0.25) is 0 Å². The fourth-order valence-electron chi connectivity index (χ4n) is 3.01. The fourth-order valence-corrected chi connectivity index (χ4v) is 6.45. The quantitative estimate of drug-likeness (QED) is 0.267. The van der Waals surface area contributed by atoms with Gasteiger partial charge in [0, 0.05) is 32.1 Å². The van der Waals surface area contributed by atoms with Gasteiger partial charge in [-0.3, -0.25) is 10.1 Å². The highest BCUT2D eigenvalue weighted by Crippen LogP contribution is 2.29. The Morgan fingerprint density at radius 2 is 1.56 bits per heavy atom. The van der Waals surface area contributed by atoms with Crippen molar-refractivity contribution in [1.82, 2.24) is 0 Å². The molecule has 0 aromatic heterocycles. The molecule has 0 bridgehead atoms. The average Bonchev–Trinajstić information content (AvgIpc) is 2.53. The van der Waals surface area contributed by atoms with E-state index in [-0.39, 0.29) is 12.2 Å². The molecule has 6 nitrogen and oxygen atoms in total. The van der Waals surface area contributed by atoms with Crippen LogP contribution in [0, 0.1) is 10.1 Å². The maximum Gasteiger partial charge on any atom is 0.511 e. The van der Waals surface area contributed by atoms with E-state index in [0.29, 0.717) is 6.04 Å². The van der Waals surface area contributed by atoms with E-state index in [1.54, 1.807) is 0 Å². The number of fused-ring (bicyclic) bond motifs is 1. The smallest absolute Gasteiger partial charge is 0.371 e. The van der Waals surface area contributed by atoms with Crippen molar-refractivity contribution >= 4 is 19.6 Å². The molecule has 2 rings (SSSR count). The number of nitrogens with zero attached hydrogens (tertiary/aromatic N) is 1. The van der Waals surface area contributed by atoms with Crippen molar-refractivity contribution in [3.05, 3.63) is 58.1 Å². The molecule has 0 aliphatic heterocycles. The molecule has 0 heterocycles. The summed E-state index contributed by atoms with van der Waals surface area (Å²) in [7, 11) is -3.42. The van der Waals surface area contributed by atoms with Crippen LogP contribution in [0.25, 0.3) is 10.8 Å². The number of benzene rings is 2. The summed E-state index contributed by atoms with van der Waals surface area (Å²) in [6, 6.07) is 14.4. The SMILES string of the molecule is CC(C)O[Si](Cc1cccc2ccccc12)(OC(C)C)OC(C)(C)[N+](=O)[O-]. The van der Waals surface area contributed by atoms with Gasteiger partial charge in [0.25, 0.3) is 0 Å². The molecule has 0 fully saturated rings. The third kappa shape index (κ3) is 5.59. The molecule has 2 aromatic carbocycles. The molecule has 2 aromatic rings. The molecule has 148 valence electrons. The lowest BCUT2D eigenvalue weighted by atomic mass is 10.1. The van der Waals surface area contributed by atoms with Gasteiger partial charge in [-0.1, -0.05) is 42.5 Å². The first-order valence-electron chi connectivity index (χ1n) is 9.21. The van der Waals surface area contributed by atoms with Crippen molar-refractivity contribution in [2.75, 3.05) is 0 Å². The van der Waals surface area contributed by atoms with Gasteiger partial charge in [-0.25, -0.2) is 0 Å². The lowest BCUT2D eigenvalue weighted by Gasteiger charge is -2.36. The van der Waals surface area contributed by atoms with Crippen molar-refractivity contribution in [2.45, 2.75) is 65.5 Å². The molecule has 7 heteroatoms. The summed E-state index contributed by atoms with van der Waals surface area (Å²) in [5.41, 5.74) is -0.610. The van der Waals surface area contributed by atoms with Gasteiger partial charge in [0.15, 0.2) is 0 Å². The average molecular weight is 392 g/mol. The van der Waals surface area contributed by atoms with Gasteiger partial charge in [0.1, 0.15) is 0 Å². The molecule has 0 radical (unpaired) electrons. The number of rotatable bonds is 9. The Balaban J connectivity index is 2.53. The molecule has 0 unspecified atom stereocenters. The summed E-state index contributed by atoms with van der Waals surface area (Å²) in [5, 5.41) is 13.7. The minimum absolute atomic E-state index is 0.187. The largest absolute Gasteiger partial charge is 0.511 e. The molecule has 27 heavy (non-hydrogen) atoms. The molecule has 0 aliphatic carbocycles. The zero-order valence-corrected chi connectivity index (χ0v) is 17.9. The molecule has 0 spiro atoms. The van der Waals surface area contributed by atoms with E-state index in [1.807, 2.05) is 70.2 Å². The van der Waals surface area contributed by atoms with Gasteiger partial charge < -0.3 is 13.3 Å². The van der Waals surface area contributed by atoms with E-state index in [1.165, 1.54) is 13.8 Å². The topological polar surface area (TPSA) is 70.8 Å². The van der Waals surface area contributed by atoms with Crippen LogP contribution in [0.3, 0.4) is 0 Å². The summed E-state index contributed by atoms with van der Waals surface area (Å²) in [4.78, 5) is 11.1. The number of hydrogen-bond acceptors (Lipinski definition) is 5. The predicted octanol–water partition coefficient (Wildman–Crippen LogP) is 4.74. The van der Waals surface area contributed by atoms with Crippen LogP contribution < -0.4 is 0 Å². The highest BCUT2D eigenvalue weighted by molar-refractivity contribution is 6.60. The molecular formula is C20H29NO5Si. The molecule has 0 N–H and O–H groups in total. The van der Waals surface area contributed by atoms with E-state index < -0.39 is 19.5 Å². The maximum atomic E-state index is 11.5. The van der Waals surface area contributed by atoms with E-state index in [4.69, 9.17) is 13.3 Å². The van der Waals surface area contributed by atoms with Crippen molar-refractivity contribution in [1.29, 1.82) is 0 Å². The van der Waals surface area contributed by atoms with Gasteiger partial charge >= 0.3 is 14.5 Å². The highest BCUT2D eigenvalue weighted by Gasteiger charge is 2.52. The fraction of sp³-hybridized carbons (Fsp3) is 0.500. The second-order valence-electron chi connectivity index (χ2n) is 7.64. The Kier molecular flexibility index (Phi) is 6.75. The van der Waals surface area contributed by atoms with Crippen LogP contribution >= 0.6 is 0 Å².